The molecular formula is C17H17N5O3S. The molecule has 1 aliphatic heterocycles. The largest absolute Gasteiger partial charge is 0.447 e. The van der Waals surface area contributed by atoms with Crippen molar-refractivity contribution in [2.45, 2.75) is 13.8 Å². The number of fused-ring (bicyclic) bond motifs is 1. The van der Waals surface area contributed by atoms with Crippen molar-refractivity contribution < 1.29 is 14.3 Å². The number of hydrogen-bond acceptors (Lipinski definition) is 6. The van der Waals surface area contributed by atoms with Gasteiger partial charge >= 0.3 is 6.09 Å². The molecule has 2 aromatic heterocycles. The number of carbonyl (C=O) groups excluding carboxylic acids is 2. The Labute approximate surface area is 153 Å². The molecule has 1 fully saturated rings. The van der Waals surface area contributed by atoms with Crippen LogP contribution in [0.4, 0.5) is 16.3 Å². The van der Waals surface area contributed by atoms with Crippen molar-refractivity contribution in [1.29, 1.82) is 0 Å². The van der Waals surface area contributed by atoms with Gasteiger partial charge in [-0.25, -0.2) is 9.78 Å². The number of carbonyl (C=O) groups is 2. The average molecular weight is 371 g/mol. The maximum atomic E-state index is 12.7. The third kappa shape index (κ3) is 2.60. The number of benzene rings is 1. The van der Waals surface area contributed by atoms with Crippen LogP contribution in [0.15, 0.2) is 18.2 Å². The highest BCUT2D eigenvalue weighted by atomic mass is 32.1. The molecule has 2 amide bonds. The van der Waals surface area contributed by atoms with E-state index in [0.717, 1.165) is 10.5 Å². The first kappa shape index (κ1) is 16.5. The van der Waals surface area contributed by atoms with Gasteiger partial charge in [0.1, 0.15) is 11.5 Å². The third-order valence-corrected chi connectivity index (χ3v) is 5.32. The summed E-state index contributed by atoms with van der Waals surface area (Å²) in [7, 11) is 1.80. The number of cyclic esters (lactones) is 1. The molecule has 0 saturated carbocycles. The fourth-order valence-electron chi connectivity index (χ4n) is 3.13. The summed E-state index contributed by atoms with van der Waals surface area (Å²) >= 11 is 1.34. The van der Waals surface area contributed by atoms with Gasteiger partial charge in [-0.3, -0.25) is 14.4 Å². The summed E-state index contributed by atoms with van der Waals surface area (Å²) in [6, 6.07) is 5.58. The molecule has 0 spiro atoms. The van der Waals surface area contributed by atoms with Crippen molar-refractivity contribution in [1.82, 2.24) is 14.8 Å². The zero-order valence-corrected chi connectivity index (χ0v) is 15.4. The van der Waals surface area contributed by atoms with Crippen molar-refractivity contribution >= 4 is 45.7 Å². The lowest BCUT2D eigenvalue weighted by atomic mass is 10.2. The van der Waals surface area contributed by atoms with Crippen LogP contribution in [-0.4, -0.2) is 39.9 Å². The highest BCUT2D eigenvalue weighted by Crippen LogP contribution is 2.34. The van der Waals surface area contributed by atoms with E-state index in [1.54, 1.807) is 23.6 Å². The molecule has 1 N–H and O–H groups in total. The third-order valence-electron chi connectivity index (χ3n) is 4.25. The smallest absolute Gasteiger partial charge is 0.414 e. The second kappa shape index (κ2) is 6.10. The van der Waals surface area contributed by atoms with Crippen LogP contribution < -0.4 is 10.2 Å². The second-order valence-corrected chi connectivity index (χ2v) is 7.21. The molecule has 0 aliphatic carbocycles. The predicted octanol–water partition coefficient (Wildman–Crippen LogP) is 2.86. The molecule has 1 aliphatic rings. The standard InChI is InChI=1S/C17H17N5O3S/c1-9-14(26-10(2)18-9)16(23)19-15-13-11(21(3)20-15)5-4-6-12(13)22-7-8-25-17(22)24/h4-6H,7-8H2,1-3H3,(H,19,20,23). The van der Waals surface area contributed by atoms with Crippen molar-refractivity contribution in [3.05, 3.63) is 33.8 Å². The number of nitrogens with one attached hydrogen (secondary N) is 1. The lowest BCUT2D eigenvalue weighted by Crippen LogP contribution is -2.23. The van der Waals surface area contributed by atoms with Crippen LogP contribution in [0.25, 0.3) is 10.9 Å². The summed E-state index contributed by atoms with van der Waals surface area (Å²) in [5.41, 5.74) is 2.17. The number of amides is 2. The summed E-state index contributed by atoms with van der Waals surface area (Å²) in [4.78, 5) is 31.1. The minimum Gasteiger partial charge on any atom is -0.447 e. The van der Waals surface area contributed by atoms with Gasteiger partial charge in [-0.1, -0.05) is 6.07 Å². The van der Waals surface area contributed by atoms with E-state index in [1.165, 1.54) is 11.3 Å². The fraction of sp³-hybridized carbons (Fsp3) is 0.294. The first-order valence-electron chi connectivity index (χ1n) is 8.11. The molecule has 1 saturated heterocycles. The molecule has 3 heterocycles. The Morgan fingerprint density at radius 2 is 2.15 bits per heavy atom. The van der Waals surface area contributed by atoms with Crippen LogP contribution in [0.2, 0.25) is 0 Å². The number of ether oxygens (including phenoxy) is 1. The van der Waals surface area contributed by atoms with Gasteiger partial charge in [-0.05, 0) is 26.0 Å². The summed E-state index contributed by atoms with van der Waals surface area (Å²) in [6.45, 7) is 4.48. The summed E-state index contributed by atoms with van der Waals surface area (Å²) in [5, 5.41) is 8.86. The van der Waals surface area contributed by atoms with Gasteiger partial charge < -0.3 is 10.1 Å². The van der Waals surface area contributed by atoms with Crippen LogP contribution >= 0.6 is 11.3 Å². The number of anilines is 2. The van der Waals surface area contributed by atoms with Crippen molar-refractivity contribution in [3.63, 3.8) is 0 Å². The number of hydrogen-bond donors (Lipinski definition) is 1. The van der Waals surface area contributed by atoms with Gasteiger partial charge in [-0.2, -0.15) is 5.10 Å². The molecule has 8 nitrogen and oxygen atoms in total. The highest BCUT2D eigenvalue weighted by Gasteiger charge is 2.28. The number of aryl methyl sites for hydroxylation is 3. The Hall–Kier alpha value is -2.94. The lowest BCUT2D eigenvalue weighted by molar-refractivity contribution is 0.102. The van der Waals surface area contributed by atoms with Gasteiger partial charge in [0.05, 0.1) is 33.8 Å². The van der Waals surface area contributed by atoms with Gasteiger partial charge in [0.15, 0.2) is 5.82 Å². The fourth-order valence-corrected chi connectivity index (χ4v) is 3.94. The molecule has 1 aromatic carbocycles. The van der Waals surface area contributed by atoms with E-state index in [2.05, 4.69) is 15.4 Å². The SMILES string of the molecule is Cc1nc(C)c(C(=O)Nc2nn(C)c3cccc(N4CCOC4=O)c23)s1. The number of aromatic nitrogens is 3. The van der Waals surface area contributed by atoms with Gasteiger partial charge in [0.25, 0.3) is 5.91 Å². The second-order valence-electron chi connectivity index (χ2n) is 6.01. The minimum absolute atomic E-state index is 0.257. The number of rotatable bonds is 3. The molecule has 3 aromatic rings. The molecule has 0 unspecified atom stereocenters. The first-order valence-corrected chi connectivity index (χ1v) is 8.92. The molecule has 0 radical (unpaired) electrons. The Bertz CT molecular complexity index is 1040. The van der Waals surface area contributed by atoms with Crippen molar-refractivity contribution in [3.8, 4) is 0 Å². The molecule has 9 heteroatoms. The quantitative estimate of drug-likeness (QED) is 0.765. The van der Waals surface area contributed by atoms with E-state index >= 15 is 0 Å². The Balaban J connectivity index is 1.79. The van der Waals surface area contributed by atoms with Gasteiger partial charge in [-0.15, -0.1) is 11.3 Å². The predicted molar refractivity (Wildman–Crippen MR) is 98.9 cm³/mol. The first-order chi connectivity index (χ1) is 12.5. The molecule has 0 bridgehead atoms. The monoisotopic (exact) mass is 371 g/mol. The zero-order valence-electron chi connectivity index (χ0n) is 14.6. The molecule has 0 atom stereocenters. The van der Waals surface area contributed by atoms with E-state index in [0.29, 0.717) is 40.6 Å². The maximum absolute atomic E-state index is 12.7. The minimum atomic E-state index is -0.396. The summed E-state index contributed by atoms with van der Waals surface area (Å²) in [5.74, 6) is 0.153. The summed E-state index contributed by atoms with van der Waals surface area (Å²) in [6.07, 6.45) is -0.396. The Morgan fingerprint density at radius 1 is 1.35 bits per heavy atom. The molecule has 4 rings (SSSR count). The van der Waals surface area contributed by atoms with Crippen LogP contribution in [0.5, 0.6) is 0 Å². The van der Waals surface area contributed by atoms with E-state index in [4.69, 9.17) is 4.74 Å². The van der Waals surface area contributed by atoms with Crippen LogP contribution in [0.3, 0.4) is 0 Å². The van der Waals surface area contributed by atoms with Crippen molar-refractivity contribution in [2.24, 2.45) is 7.05 Å². The van der Waals surface area contributed by atoms with E-state index in [1.807, 2.05) is 25.1 Å². The van der Waals surface area contributed by atoms with Crippen molar-refractivity contribution in [2.75, 3.05) is 23.4 Å². The average Bonchev–Trinajstić information content (AvgIpc) is 3.26. The summed E-state index contributed by atoms with van der Waals surface area (Å²) < 4.78 is 6.73. The zero-order chi connectivity index (χ0) is 18.4. The van der Waals surface area contributed by atoms with E-state index in [-0.39, 0.29) is 5.91 Å². The lowest BCUT2D eigenvalue weighted by Gasteiger charge is -2.14. The van der Waals surface area contributed by atoms with E-state index in [9.17, 15) is 9.59 Å². The van der Waals surface area contributed by atoms with Crippen LogP contribution in [0.1, 0.15) is 20.4 Å². The Morgan fingerprint density at radius 3 is 2.81 bits per heavy atom. The van der Waals surface area contributed by atoms with Gasteiger partial charge in [0.2, 0.25) is 0 Å². The number of thiazole rings is 1. The van der Waals surface area contributed by atoms with Gasteiger partial charge in [0, 0.05) is 7.05 Å². The molecular weight excluding hydrogens is 354 g/mol. The normalized spacial score (nSPS) is 14.1. The number of nitrogens with zero attached hydrogens (tertiary/aromatic N) is 4. The topological polar surface area (TPSA) is 89.3 Å². The van der Waals surface area contributed by atoms with Crippen LogP contribution in [0, 0.1) is 13.8 Å². The molecule has 26 heavy (non-hydrogen) atoms. The maximum Gasteiger partial charge on any atom is 0.414 e. The molecule has 134 valence electrons. The Kier molecular flexibility index (Phi) is 3.87. The van der Waals surface area contributed by atoms with E-state index < -0.39 is 6.09 Å². The van der Waals surface area contributed by atoms with Crippen LogP contribution in [-0.2, 0) is 11.8 Å². The highest BCUT2D eigenvalue weighted by molar-refractivity contribution is 7.13.